The van der Waals surface area contributed by atoms with Crippen LogP contribution in [-0.2, 0) is 0 Å². The summed E-state index contributed by atoms with van der Waals surface area (Å²) in [6, 6.07) is 0.747. The van der Waals surface area contributed by atoms with Crippen molar-refractivity contribution in [3.05, 3.63) is 0 Å². The first kappa shape index (κ1) is 18.9. The van der Waals surface area contributed by atoms with Crippen molar-refractivity contribution in [2.45, 2.75) is 64.5 Å². The summed E-state index contributed by atoms with van der Waals surface area (Å²) in [6.45, 7) is 12.6. The van der Waals surface area contributed by atoms with E-state index >= 15 is 0 Å². The van der Waals surface area contributed by atoms with Crippen molar-refractivity contribution in [1.29, 1.82) is 0 Å². The van der Waals surface area contributed by atoms with Gasteiger partial charge in [-0.25, -0.2) is 0 Å². The molecular formula is C17H37N3O. The normalized spacial score (nSPS) is 20.9. The second-order valence-electron chi connectivity index (χ2n) is 6.90. The van der Waals surface area contributed by atoms with Gasteiger partial charge in [0, 0.05) is 11.6 Å². The average molecular weight is 300 g/mol. The topological polar surface area (TPSA) is 38.7 Å². The minimum Gasteiger partial charge on any atom is -0.394 e. The summed E-state index contributed by atoms with van der Waals surface area (Å²) in [4.78, 5) is 5.08. The van der Waals surface area contributed by atoms with Crippen molar-refractivity contribution in [2.24, 2.45) is 0 Å². The van der Waals surface area contributed by atoms with Crippen LogP contribution in [0.3, 0.4) is 0 Å². The Labute approximate surface area is 131 Å². The van der Waals surface area contributed by atoms with E-state index in [1.807, 2.05) is 0 Å². The molecule has 1 heterocycles. The zero-order chi connectivity index (χ0) is 15.7. The summed E-state index contributed by atoms with van der Waals surface area (Å²) < 4.78 is 0. The van der Waals surface area contributed by atoms with Crippen LogP contribution in [0.25, 0.3) is 0 Å². The number of hydrogen-bond donors (Lipinski definition) is 2. The minimum atomic E-state index is -0.109. The molecule has 1 aliphatic rings. The number of nitrogens with zero attached hydrogens (tertiary/aromatic N) is 2. The number of piperidine rings is 1. The molecule has 1 unspecified atom stereocenters. The van der Waals surface area contributed by atoms with E-state index in [9.17, 15) is 5.11 Å². The van der Waals surface area contributed by atoms with Crippen molar-refractivity contribution in [3.8, 4) is 0 Å². The summed E-state index contributed by atoms with van der Waals surface area (Å²) in [5.41, 5.74) is -0.109. The van der Waals surface area contributed by atoms with Crippen molar-refractivity contribution < 1.29 is 5.11 Å². The molecule has 1 saturated heterocycles. The van der Waals surface area contributed by atoms with Gasteiger partial charge in [0.1, 0.15) is 0 Å². The van der Waals surface area contributed by atoms with Crippen LogP contribution in [0.4, 0.5) is 0 Å². The van der Waals surface area contributed by atoms with Crippen molar-refractivity contribution in [2.75, 3.05) is 46.4 Å². The van der Waals surface area contributed by atoms with Crippen LogP contribution in [-0.4, -0.2) is 72.9 Å². The van der Waals surface area contributed by atoms with Crippen LogP contribution in [0.2, 0.25) is 0 Å². The van der Waals surface area contributed by atoms with E-state index in [4.69, 9.17) is 0 Å². The molecule has 0 aromatic rings. The quantitative estimate of drug-likeness (QED) is 0.646. The van der Waals surface area contributed by atoms with Crippen LogP contribution in [0.15, 0.2) is 0 Å². The Balaban J connectivity index is 2.24. The van der Waals surface area contributed by atoms with Gasteiger partial charge in [-0.1, -0.05) is 13.8 Å². The number of nitrogens with one attached hydrogen (secondary N) is 1. The fourth-order valence-electron chi connectivity index (χ4n) is 3.23. The Bertz CT molecular complexity index is 267. The fourth-order valence-corrected chi connectivity index (χ4v) is 3.23. The predicted octanol–water partition coefficient (Wildman–Crippen LogP) is 1.93. The molecule has 0 amide bonds. The Morgan fingerprint density at radius 2 is 1.95 bits per heavy atom. The molecule has 0 aromatic carbocycles. The molecule has 1 rings (SSSR count). The first-order valence-electron chi connectivity index (χ1n) is 8.83. The van der Waals surface area contributed by atoms with E-state index in [1.165, 1.54) is 32.5 Å². The SMILES string of the molecule is CCCNC(C)(CO)CCCN(C)C1CCN(CC)CC1. The molecule has 1 aliphatic heterocycles. The van der Waals surface area contributed by atoms with Crippen LogP contribution in [0.1, 0.15) is 52.9 Å². The lowest BCUT2D eigenvalue weighted by molar-refractivity contribution is 0.121. The van der Waals surface area contributed by atoms with Gasteiger partial charge < -0.3 is 20.2 Å². The van der Waals surface area contributed by atoms with Gasteiger partial charge in [0.05, 0.1) is 6.61 Å². The molecule has 1 fully saturated rings. The number of rotatable bonds is 10. The molecule has 0 aliphatic carbocycles. The van der Waals surface area contributed by atoms with E-state index in [1.54, 1.807) is 0 Å². The van der Waals surface area contributed by atoms with E-state index in [0.29, 0.717) is 0 Å². The first-order valence-corrected chi connectivity index (χ1v) is 8.83. The first-order chi connectivity index (χ1) is 10.0. The Morgan fingerprint density at radius 3 is 2.48 bits per heavy atom. The molecule has 4 nitrogen and oxygen atoms in total. The maximum absolute atomic E-state index is 9.60. The molecule has 0 radical (unpaired) electrons. The van der Waals surface area contributed by atoms with Gasteiger partial charge in [-0.3, -0.25) is 0 Å². The second kappa shape index (κ2) is 9.78. The summed E-state index contributed by atoms with van der Waals surface area (Å²) in [5.74, 6) is 0. The summed E-state index contributed by atoms with van der Waals surface area (Å²) in [5, 5.41) is 13.1. The fraction of sp³-hybridized carbons (Fsp3) is 1.00. The van der Waals surface area contributed by atoms with Crippen LogP contribution in [0, 0.1) is 0 Å². The third kappa shape index (κ3) is 6.64. The third-order valence-electron chi connectivity index (χ3n) is 5.02. The van der Waals surface area contributed by atoms with Gasteiger partial charge >= 0.3 is 0 Å². The molecule has 0 aromatic heterocycles. The number of likely N-dealkylation sites (tertiary alicyclic amines) is 1. The molecule has 126 valence electrons. The maximum atomic E-state index is 9.60. The van der Waals surface area contributed by atoms with Gasteiger partial charge in [-0.05, 0) is 78.8 Å². The van der Waals surface area contributed by atoms with Crippen LogP contribution in [0.5, 0.6) is 0 Å². The highest BCUT2D eigenvalue weighted by Gasteiger charge is 2.24. The Hall–Kier alpha value is -0.160. The predicted molar refractivity (Wildman–Crippen MR) is 90.8 cm³/mol. The second-order valence-corrected chi connectivity index (χ2v) is 6.90. The third-order valence-corrected chi connectivity index (χ3v) is 5.02. The highest BCUT2D eigenvalue weighted by atomic mass is 16.3. The van der Waals surface area contributed by atoms with E-state index in [-0.39, 0.29) is 12.1 Å². The molecule has 0 saturated carbocycles. The Kier molecular flexibility index (Phi) is 8.79. The Morgan fingerprint density at radius 1 is 1.29 bits per heavy atom. The van der Waals surface area contributed by atoms with E-state index in [0.717, 1.165) is 38.4 Å². The van der Waals surface area contributed by atoms with Crippen molar-refractivity contribution in [3.63, 3.8) is 0 Å². The lowest BCUT2D eigenvalue weighted by Gasteiger charge is -2.37. The molecule has 1 atom stereocenters. The van der Waals surface area contributed by atoms with Crippen molar-refractivity contribution >= 4 is 0 Å². The lowest BCUT2D eigenvalue weighted by Crippen LogP contribution is -2.47. The minimum absolute atomic E-state index is 0.109. The zero-order valence-electron chi connectivity index (χ0n) is 14.7. The zero-order valence-corrected chi connectivity index (χ0v) is 14.7. The lowest BCUT2D eigenvalue weighted by atomic mass is 9.96. The summed E-state index contributed by atoms with van der Waals surface area (Å²) in [6.07, 6.45) is 5.91. The standard InChI is InChI=1S/C17H37N3O/c1-5-11-18-17(3,15-21)10-7-12-19(4)16-8-13-20(6-2)14-9-16/h16,18,21H,5-15H2,1-4H3. The number of aliphatic hydroxyl groups excluding tert-OH is 1. The van der Waals surface area contributed by atoms with Crippen molar-refractivity contribution in [1.82, 2.24) is 15.1 Å². The maximum Gasteiger partial charge on any atom is 0.0610 e. The van der Waals surface area contributed by atoms with E-state index in [2.05, 4.69) is 42.9 Å². The number of hydrogen-bond acceptors (Lipinski definition) is 4. The van der Waals surface area contributed by atoms with Gasteiger partial charge in [-0.2, -0.15) is 0 Å². The average Bonchev–Trinajstić information content (AvgIpc) is 2.53. The highest BCUT2D eigenvalue weighted by molar-refractivity contribution is 4.83. The molecule has 0 spiro atoms. The number of aliphatic hydroxyl groups is 1. The summed E-state index contributed by atoms with van der Waals surface area (Å²) in [7, 11) is 2.27. The van der Waals surface area contributed by atoms with E-state index < -0.39 is 0 Å². The smallest absolute Gasteiger partial charge is 0.0610 e. The monoisotopic (exact) mass is 299 g/mol. The molecular weight excluding hydrogens is 262 g/mol. The largest absolute Gasteiger partial charge is 0.394 e. The summed E-state index contributed by atoms with van der Waals surface area (Å²) >= 11 is 0. The van der Waals surface area contributed by atoms with Gasteiger partial charge in [-0.15, -0.1) is 0 Å². The van der Waals surface area contributed by atoms with Gasteiger partial charge in [0.25, 0.3) is 0 Å². The molecule has 0 bridgehead atoms. The molecule has 2 N–H and O–H groups in total. The molecule has 4 heteroatoms. The van der Waals surface area contributed by atoms with Gasteiger partial charge in [0.2, 0.25) is 0 Å². The van der Waals surface area contributed by atoms with Crippen LogP contribution < -0.4 is 5.32 Å². The highest BCUT2D eigenvalue weighted by Crippen LogP contribution is 2.17. The van der Waals surface area contributed by atoms with Crippen LogP contribution >= 0.6 is 0 Å². The molecule has 21 heavy (non-hydrogen) atoms. The van der Waals surface area contributed by atoms with Gasteiger partial charge in [0.15, 0.2) is 0 Å².